The van der Waals surface area contributed by atoms with Gasteiger partial charge in [0.1, 0.15) is 5.75 Å². The molecule has 5 atom stereocenters. The molecule has 0 radical (unpaired) electrons. The lowest BCUT2D eigenvalue weighted by Crippen LogP contribution is -2.64. The maximum absolute atomic E-state index is 12.9. The van der Waals surface area contributed by atoms with Crippen LogP contribution in [0.5, 0.6) is 5.75 Å². The number of para-hydroxylation sites is 1. The van der Waals surface area contributed by atoms with Crippen LogP contribution in [0, 0.1) is 0 Å². The zero-order chi connectivity index (χ0) is 26.2. The van der Waals surface area contributed by atoms with E-state index >= 15 is 0 Å². The van der Waals surface area contributed by atoms with Crippen LogP contribution in [0.2, 0.25) is 0 Å². The molecule has 0 saturated carbocycles. The molecule has 0 aromatic heterocycles. The van der Waals surface area contributed by atoms with E-state index in [1.165, 1.54) is 0 Å². The van der Waals surface area contributed by atoms with E-state index in [1.54, 1.807) is 29.2 Å². The molecule has 1 aliphatic rings. The topological polar surface area (TPSA) is 82.1 Å². The van der Waals surface area contributed by atoms with Crippen molar-refractivity contribution >= 4 is 11.9 Å². The molecule has 7 nitrogen and oxygen atoms in total. The first-order valence-corrected chi connectivity index (χ1v) is 12.8. The predicted molar refractivity (Wildman–Crippen MR) is 143 cm³/mol. The molecule has 0 aliphatic carbocycles. The van der Waals surface area contributed by atoms with E-state index in [4.69, 9.17) is 4.74 Å². The fourth-order valence-corrected chi connectivity index (χ4v) is 5.16. The summed E-state index contributed by atoms with van der Waals surface area (Å²) in [6, 6.07) is 16.4. The minimum atomic E-state index is -1.14. The molecule has 2 aromatic carbocycles. The number of benzene rings is 2. The standard InChI is InChI=1S/C29H39N3O4/c1-6-18-32-20(4)19-30-21(5)26(32)25(27(29(34)35)36-24-12-10-9-11-13-24)22-14-16-23(17-15-22)28(33)31(7-2)8-3/h6,9-17,20-21,25-27,30H,1,7-8,18-19H2,2-5H3,(H,34,35)/t20-,21+,25?,26-,27-/m1/s1. The first-order valence-electron chi connectivity index (χ1n) is 12.8. The molecule has 36 heavy (non-hydrogen) atoms. The number of carboxylic acids is 1. The van der Waals surface area contributed by atoms with Crippen LogP contribution in [0.15, 0.2) is 67.3 Å². The smallest absolute Gasteiger partial charge is 0.345 e. The van der Waals surface area contributed by atoms with Crippen LogP contribution in [-0.4, -0.2) is 77.2 Å². The van der Waals surface area contributed by atoms with Crippen LogP contribution in [0.25, 0.3) is 0 Å². The summed E-state index contributed by atoms with van der Waals surface area (Å²) in [7, 11) is 0. The highest BCUT2D eigenvalue weighted by atomic mass is 16.5. The molecule has 194 valence electrons. The Bertz CT molecular complexity index is 1010. The first-order chi connectivity index (χ1) is 17.3. The van der Waals surface area contributed by atoms with Gasteiger partial charge in [-0.05, 0) is 57.5 Å². The third-order valence-corrected chi connectivity index (χ3v) is 7.07. The Morgan fingerprint density at radius 1 is 1.14 bits per heavy atom. The fourth-order valence-electron chi connectivity index (χ4n) is 5.16. The van der Waals surface area contributed by atoms with Crippen molar-refractivity contribution in [1.82, 2.24) is 15.1 Å². The molecule has 1 fully saturated rings. The normalized spacial score (nSPS) is 21.8. The maximum atomic E-state index is 12.9. The van der Waals surface area contributed by atoms with E-state index in [0.29, 0.717) is 30.9 Å². The summed E-state index contributed by atoms with van der Waals surface area (Å²) in [5.74, 6) is -1.07. The second-order valence-electron chi connectivity index (χ2n) is 9.34. The Labute approximate surface area is 214 Å². The number of nitrogens with one attached hydrogen (secondary N) is 1. The van der Waals surface area contributed by atoms with Crippen LogP contribution in [0.1, 0.15) is 49.5 Å². The summed E-state index contributed by atoms with van der Waals surface area (Å²) in [6.07, 6.45) is 0.724. The average Bonchev–Trinajstić information content (AvgIpc) is 2.88. The number of amides is 1. The SMILES string of the molecule is C=CCN1[C@H](C)CN[C@@H](C)[C@@H]1C(c1ccc(C(=O)N(CC)CC)cc1)[C@@H](Oc1ccccc1)C(=O)O. The highest BCUT2D eigenvalue weighted by Crippen LogP contribution is 2.35. The first kappa shape index (κ1) is 27.4. The largest absolute Gasteiger partial charge is 0.478 e. The Morgan fingerprint density at radius 2 is 1.78 bits per heavy atom. The Morgan fingerprint density at radius 3 is 2.33 bits per heavy atom. The monoisotopic (exact) mass is 493 g/mol. The highest BCUT2D eigenvalue weighted by molar-refractivity contribution is 5.94. The molecule has 2 aromatic rings. The molecule has 1 unspecified atom stereocenters. The quantitative estimate of drug-likeness (QED) is 0.460. The number of piperazine rings is 1. The lowest BCUT2D eigenvalue weighted by atomic mass is 9.80. The lowest BCUT2D eigenvalue weighted by Gasteiger charge is -2.49. The van der Waals surface area contributed by atoms with Gasteiger partial charge in [0.15, 0.2) is 0 Å². The van der Waals surface area contributed by atoms with Crippen molar-refractivity contribution < 1.29 is 19.4 Å². The molecule has 7 heteroatoms. The molecule has 1 heterocycles. The van der Waals surface area contributed by atoms with Crippen LogP contribution >= 0.6 is 0 Å². The van der Waals surface area contributed by atoms with Gasteiger partial charge in [0.05, 0.1) is 0 Å². The van der Waals surface area contributed by atoms with Crippen molar-refractivity contribution in [1.29, 1.82) is 0 Å². The zero-order valence-corrected chi connectivity index (χ0v) is 21.8. The second-order valence-corrected chi connectivity index (χ2v) is 9.34. The van der Waals surface area contributed by atoms with Gasteiger partial charge < -0.3 is 20.1 Å². The predicted octanol–water partition coefficient (Wildman–Crippen LogP) is 4.02. The second kappa shape index (κ2) is 12.7. The Kier molecular flexibility index (Phi) is 9.67. The fraction of sp³-hybridized carbons (Fsp3) is 0.448. The summed E-state index contributed by atoms with van der Waals surface area (Å²) < 4.78 is 6.15. The van der Waals surface area contributed by atoms with E-state index < -0.39 is 18.0 Å². The van der Waals surface area contributed by atoms with Gasteiger partial charge in [-0.1, -0.05) is 36.4 Å². The maximum Gasteiger partial charge on any atom is 0.345 e. The van der Waals surface area contributed by atoms with Crippen molar-refractivity contribution in [3.8, 4) is 5.75 Å². The van der Waals surface area contributed by atoms with Crippen molar-refractivity contribution in [3.63, 3.8) is 0 Å². The summed E-state index contributed by atoms with van der Waals surface area (Å²) in [5, 5.41) is 14.0. The average molecular weight is 494 g/mol. The minimum Gasteiger partial charge on any atom is -0.478 e. The molecular formula is C29H39N3O4. The van der Waals surface area contributed by atoms with Gasteiger partial charge in [-0.3, -0.25) is 9.69 Å². The molecule has 1 saturated heterocycles. The van der Waals surface area contributed by atoms with E-state index in [1.807, 2.05) is 50.3 Å². The summed E-state index contributed by atoms with van der Waals surface area (Å²) >= 11 is 0. The summed E-state index contributed by atoms with van der Waals surface area (Å²) in [6.45, 7) is 14.8. The molecule has 1 aliphatic heterocycles. The van der Waals surface area contributed by atoms with Crippen molar-refractivity contribution in [2.24, 2.45) is 0 Å². The number of ether oxygens (including phenoxy) is 1. The third kappa shape index (κ3) is 6.15. The number of aliphatic carboxylic acids is 1. The van der Waals surface area contributed by atoms with Gasteiger partial charge in [-0.25, -0.2) is 4.79 Å². The van der Waals surface area contributed by atoms with Crippen LogP contribution in [0.3, 0.4) is 0 Å². The van der Waals surface area contributed by atoms with Crippen LogP contribution < -0.4 is 10.1 Å². The summed E-state index contributed by atoms with van der Waals surface area (Å²) in [5.41, 5.74) is 1.40. The van der Waals surface area contributed by atoms with Gasteiger partial charge in [0.2, 0.25) is 6.10 Å². The number of hydrogen-bond donors (Lipinski definition) is 2. The van der Waals surface area contributed by atoms with E-state index in [9.17, 15) is 14.7 Å². The zero-order valence-electron chi connectivity index (χ0n) is 21.8. The molecule has 3 rings (SSSR count). The Balaban J connectivity index is 2.08. The van der Waals surface area contributed by atoms with Crippen molar-refractivity contribution in [3.05, 3.63) is 78.4 Å². The summed E-state index contributed by atoms with van der Waals surface area (Å²) in [4.78, 5) is 29.7. The molecule has 0 bridgehead atoms. The highest BCUT2D eigenvalue weighted by Gasteiger charge is 2.45. The minimum absolute atomic E-state index is 0.00403. The van der Waals surface area contributed by atoms with Gasteiger partial charge in [0.25, 0.3) is 5.91 Å². The van der Waals surface area contributed by atoms with Crippen molar-refractivity contribution in [2.75, 3.05) is 26.2 Å². The van der Waals surface area contributed by atoms with Crippen molar-refractivity contribution in [2.45, 2.75) is 57.8 Å². The molecular weight excluding hydrogens is 454 g/mol. The number of hydrogen-bond acceptors (Lipinski definition) is 5. The van der Waals surface area contributed by atoms with Gasteiger partial charge in [-0.2, -0.15) is 0 Å². The number of carboxylic acid groups (broad SMARTS) is 1. The van der Waals surface area contributed by atoms with Gasteiger partial charge in [-0.15, -0.1) is 6.58 Å². The van der Waals surface area contributed by atoms with Crippen LogP contribution in [0.4, 0.5) is 0 Å². The van der Waals surface area contributed by atoms with E-state index in [2.05, 4.69) is 30.6 Å². The molecule has 0 spiro atoms. The number of carbonyl (C=O) groups excluding carboxylic acids is 1. The lowest BCUT2D eigenvalue weighted by molar-refractivity contribution is -0.147. The third-order valence-electron chi connectivity index (χ3n) is 7.07. The van der Waals surface area contributed by atoms with E-state index in [0.717, 1.165) is 12.1 Å². The van der Waals surface area contributed by atoms with E-state index in [-0.39, 0.29) is 24.0 Å². The number of carbonyl (C=O) groups is 2. The van der Waals surface area contributed by atoms with Gasteiger partial charge >= 0.3 is 5.97 Å². The Hall–Kier alpha value is -3.16. The number of rotatable bonds is 11. The van der Waals surface area contributed by atoms with Crippen LogP contribution in [-0.2, 0) is 4.79 Å². The number of nitrogens with zero attached hydrogens (tertiary/aromatic N) is 2. The van der Waals surface area contributed by atoms with Gasteiger partial charge in [0, 0.05) is 55.8 Å². The molecule has 2 N–H and O–H groups in total. The molecule has 1 amide bonds.